The molecule has 0 unspecified atom stereocenters. The van der Waals surface area contributed by atoms with Crippen molar-refractivity contribution >= 4 is 0 Å². The quantitative estimate of drug-likeness (QED) is 0.872. The Hall–Kier alpha value is -1.71. The first-order valence-electron chi connectivity index (χ1n) is 7.46. The van der Waals surface area contributed by atoms with Crippen LogP contribution in [-0.4, -0.2) is 25.7 Å². The molecule has 21 heavy (non-hydrogen) atoms. The predicted molar refractivity (Wildman–Crippen MR) is 87.4 cm³/mol. The van der Waals surface area contributed by atoms with E-state index in [1.165, 1.54) is 22.3 Å². The van der Waals surface area contributed by atoms with E-state index in [-0.39, 0.29) is 0 Å². The maximum atomic E-state index is 5.62. The molecule has 2 aromatic rings. The Balaban J connectivity index is 0.000000497. The molecule has 0 atom stereocenters. The first-order valence-corrected chi connectivity index (χ1v) is 7.46. The molecule has 0 spiro atoms. The van der Waals surface area contributed by atoms with Gasteiger partial charge in [0.1, 0.15) is 0 Å². The van der Waals surface area contributed by atoms with Gasteiger partial charge in [0.2, 0.25) is 0 Å². The number of fused-ring (bicyclic) bond motifs is 1. The summed E-state index contributed by atoms with van der Waals surface area (Å²) in [5.41, 5.74) is 6.44. The van der Waals surface area contributed by atoms with E-state index in [1.54, 1.807) is 0 Å². The maximum absolute atomic E-state index is 5.62. The van der Waals surface area contributed by atoms with Crippen molar-refractivity contribution in [3.63, 3.8) is 0 Å². The Labute approximate surface area is 127 Å². The van der Waals surface area contributed by atoms with Crippen LogP contribution in [0.15, 0.2) is 36.5 Å². The van der Waals surface area contributed by atoms with Gasteiger partial charge >= 0.3 is 0 Å². The monoisotopic (exact) mass is 284 g/mol. The van der Waals surface area contributed by atoms with E-state index in [2.05, 4.69) is 40.6 Å². The summed E-state index contributed by atoms with van der Waals surface area (Å²) in [4.78, 5) is 4.27. The third-order valence-corrected chi connectivity index (χ3v) is 3.45. The van der Waals surface area contributed by atoms with E-state index in [9.17, 15) is 0 Å². The van der Waals surface area contributed by atoms with E-state index in [0.29, 0.717) is 0 Å². The van der Waals surface area contributed by atoms with E-state index >= 15 is 0 Å². The highest BCUT2D eigenvalue weighted by Gasteiger charge is 2.13. The Morgan fingerprint density at radius 2 is 2.00 bits per heavy atom. The van der Waals surface area contributed by atoms with Crippen LogP contribution < -0.4 is 5.32 Å². The highest BCUT2D eigenvalue weighted by atomic mass is 16.5. The topological polar surface area (TPSA) is 34.1 Å². The summed E-state index contributed by atoms with van der Waals surface area (Å²) < 4.78 is 5.62. The number of hydrogen-bond acceptors (Lipinski definition) is 3. The van der Waals surface area contributed by atoms with Crippen LogP contribution in [0, 0.1) is 6.92 Å². The minimum Gasteiger partial charge on any atom is -0.377 e. The molecule has 0 radical (unpaired) electrons. The van der Waals surface area contributed by atoms with Crippen LogP contribution in [0.3, 0.4) is 0 Å². The number of nitrogens with zero attached hydrogens (tertiary/aromatic N) is 1. The lowest BCUT2D eigenvalue weighted by atomic mass is 9.93. The van der Waals surface area contributed by atoms with Crippen LogP contribution >= 0.6 is 0 Å². The molecular weight excluding hydrogens is 260 g/mol. The van der Waals surface area contributed by atoms with Crippen molar-refractivity contribution < 1.29 is 4.74 Å². The number of pyridine rings is 1. The number of rotatable bonds is 1. The van der Waals surface area contributed by atoms with Crippen molar-refractivity contribution in [1.82, 2.24) is 10.3 Å². The average Bonchev–Trinajstić information content (AvgIpc) is 2.73. The van der Waals surface area contributed by atoms with Crippen LogP contribution in [-0.2, 0) is 17.8 Å². The smallest absolute Gasteiger partial charge is 0.0719 e. The first kappa shape index (κ1) is 15.7. The van der Waals surface area contributed by atoms with Gasteiger partial charge in [-0.15, -0.1) is 0 Å². The second-order valence-electron chi connectivity index (χ2n) is 5.29. The molecule has 1 aromatic heterocycles. The molecule has 1 aliphatic heterocycles. The summed E-state index contributed by atoms with van der Waals surface area (Å²) >= 11 is 0. The molecule has 0 amide bonds. The first-order chi connectivity index (χ1) is 10.3. The van der Waals surface area contributed by atoms with Gasteiger partial charge in [0, 0.05) is 18.5 Å². The summed E-state index contributed by atoms with van der Waals surface area (Å²) in [6, 6.07) is 10.8. The number of aryl methyl sites for hydroxylation is 1. The van der Waals surface area contributed by atoms with Crippen molar-refractivity contribution in [3.05, 3.63) is 53.3 Å². The molecular formula is C18H24N2O. The van der Waals surface area contributed by atoms with E-state index in [0.717, 1.165) is 31.7 Å². The zero-order valence-electron chi connectivity index (χ0n) is 13.1. The van der Waals surface area contributed by atoms with Gasteiger partial charge in [-0.1, -0.05) is 18.2 Å². The summed E-state index contributed by atoms with van der Waals surface area (Å²) in [5, 5.41) is 2.75. The molecule has 0 saturated heterocycles. The van der Waals surface area contributed by atoms with Crippen molar-refractivity contribution in [1.29, 1.82) is 0 Å². The third-order valence-electron chi connectivity index (χ3n) is 3.45. The predicted octanol–water partition coefficient (Wildman–Crippen LogP) is 3.36. The Kier molecular flexibility index (Phi) is 5.90. The van der Waals surface area contributed by atoms with Crippen LogP contribution in [0.25, 0.3) is 11.1 Å². The summed E-state index contributed by atoms with van der Waals surface area (Å²) in [6.07, 6.45) is 4.10. The second-order valence-corrected chi connectivity index (χ2v) is 5.29. The standard InChI is InChI=1S/C16H17NO.C2H7N/c1-12-10-13(7-8-17-12)15-5-2-4-14-11-18-9-3-6-16(14)15;1-3-2/h2,4-5,7-8,10H,3,6,9,11H2,1H3;3H,1-2H3. The van der Waals surface area contributed by atoms with Crippen LogP contribution in [0.1, 0.15) is 23.2 Å². The minimum atomic E-state index is 0.743. The van der Waals surface area contributed by atoms with Gasteiger partial charge in [0.05, 0.1) is 6.61 Å². The fourth-order valence-electron chi connectivity index (χ4n) is 2.58. The summed E-state index contributed by atoms with van der Waals surface area (Å²) in [6.45, 7) is 3.64. The Bertz CT molecular complexity index is 581. The Morgan fingerprint density at radius 1 is 1.19 bits per heavy atom. The number of benzene rings is 1. The second kappa shape index (κ2) is 7.91. The third kappa shape index (κ3) is 4.13. The molecule has 0 fully saturated rings. The normalized spacial score (nSPS) is 13.7. The number of nitrogens with one attached hydrogen (secondary N) is 1. The maximum Gasteiger partial charge on any atom is 0.0719 e. The van der Waals surface area contributed by atoms with Crippen LogP contribution in [0.2, 0.25) is 0 Å². The molecule has 3 nitrogen and oxygen atoms in total. The van der Waals surface area contributed by atoms with Gasteiger partial charge in [0.15, 0.2) is 0 Å². The van der Waals surface area contributed by atoms with Crippen LogP contribution in [0.5, 0.6) is 0 Å². The molecule has 0 aliphatic carbocycles. The molecule has 112 valence electrons. The number of aromatic nitrogens is 1. The SMILES string of the molecule is CNC.Cc1cc(-c2cccc3c2CCCOC3)ccn1. The van der Waals surface area contributed by atoms with Crippen molar-refractivity contribution in [2.75, 3.05) is 20.7 Å². The number of ether oxygens (including phenoxy) is 1. The average molecular weight is 284 g/mol. The van der Waals surface area contributed by atoms with E-state index < -0.39 is 0 Å². The molecule has 2 heterocycles. The molecule has 3 heteroatoms. The van der Waals surface area contributed by atoms with Gasteiger partial charge in [-0.25, -0.2) is 0 Å². The lowest BCUT2D eigenvalue weighted by Gasteiger charge is -2.12. The lowest BCUT2D eigenvalue weighted by molar-refractivity contribution is 0.125. The highest BCUT2D eigenvalue weighted by Crippen LogP contribution is 2.29. The lowest BCUT2D eigenvalue weighted by Crippen LogP contribution is -1.95. The zero-order valence-corrected chi connectivity index (χ0v) is 13.1. The molecule has 1 aromatic carbocycles. The fourth-order valence-corrected chi connectivity index (χ4v) is 2.58. The summed E-state index contributed by atoms with van der Waals surface area (Å²) in [7, 11) is 3.75. The Morgan fingerprint density at radius 3 is 2.76 bits per heavy atom. The van der Waals surface area contributed by atoms with Gasteiger partial charge in [-0.3, -0.25) is 4.98 Å². The highest BCUT2D eigenvalue weighted by molar-refractivity contribution is 5.69. The zero-order chi connectivity index (χ0) is 15.1. The van der Waals surface area contributed by atoms with E-state index in [4.69, 9.17) is 4.74 Å². The summed E-state index contributed by atoms with van der Waals surface area (Å²) in [5.74, 6) is 0. The molecule has 1 N–H and O–H groups in total. The van der Waals surface area contributed by atoms with Gasteiger partial charge in [-0.2, -0.15) is 0 Å². The molecule has 1 aliphatic rings. The van der Waals surface area contributed by atoms with Crippen molar-refractivity contribution in [2.45, 2.75) is 26.4 Å². The fraction of sp³-hybridized carbons (Fsp3) is 0.389. The van der Waals surface area contributed by atoms with Crippen molar-refractivity contribution in [2.24, 2.45) is 0 Å². The molecule has 0 saturated carbocycles. The van der Waals surface area contributed by atoms with Gasteiger partial charge < -0.3 is 10.1 Å². The van der Waals surface area contributed by atoms with Gasteiger partial charge in [-0.05, 0) is 68.2 Å². The van der Waals surface area contributed by atoms with E-state index in [1.807, 2.05) is 27.2 Å². The van der Waals surface area contributed by atoms with Gasteiger partial charge in [0.25, 0.3) is 0 Å². The molecule has 0 bridgehead atoms. The number of hydrogen-bond donors (Lipinski definition) is 1. The molecule has 3 rings (SSSR count). The van der Waals surface area contributed by atoms with Crippen LogP contribution in [0.4, 0.5) is 0 Å². The largest absolute Gasteiger partial charge is 0.377 e. The minimum absolute atomic E-state index is 0.743. The van der Waals surface area contributed by atoms with Crippen molar-refractivity contribution in [3.8, 4) is 11.1 Å².